The molecule has 0 spiro atoms. The van der Waals surface area contributed by atoms with E-state index in [0.29, 0.717) is 13.2 Å². The van der Waals surface area contributed by atoms with Crippen molar-refractivity contribution in [2.45, 2.75) is 38.6 Å². The van der Waals surface area contributed by atoms with E-state index in [2.05, 4.69) is 22.0 Å². The molecule has 0 bridgehead atoms. The summed E-state index contributed by atoms with van der Waals surface area (Å²) in [5.74, 6) is 3.17. The molecule has 3 fully saturated rings. The van der Waals surface area contributed by atoms with Gasteiger partial charge in [0.25, 0.3) is 0 Å². The van der Waals surface area contributed by atoms with Crippen molar-refractivity contribution in [1.82, 2.24) is 15.1 Å². The van der Waals surface area contributed by atoms with Crippen LogP contribution >= 0.6 is 11.8 Å². The number of hydrogen-bond donors (Lipinski definition) is 1. The fraction of sp³-hybridized carbons (Fsp3) is 0.900. The van der Waals surface area contributed by atoms with Crippen molar-refractivity contribution in [3.8, 4) is 0 Å². The van der Waals surface area contributed by atoms with Gasteiger partial charge in [0.2, 0.25) is 0 Å². The van der Waals surface area contributed by atoms with E-state index in [0.717, 1.165) is 70.5 Å². The second-order valence-corrected chi connectivity index (χ2v) is 8.94. The molecule has 0 aromatic heterocycles. The Morgan fingerprint density at radius 3 is 2.82 bits per heavy atom. The number of carbonyl (C=O) groups excluding carboxylic acids is 1. The van der Waals surface area contributed by atoms with Gasteiger partial charge in [0.1, 0.15) is 0 Å². The molecule has 8 heteroatoms. The first-order valence-electron chi connectivity index (χ1n) is 10.8. The van der Waals surface area contributed by atoms with Gasteiger partial charge in [-0.2, -0.15) is 11.8 Å². The van der Waals surface area contributed by atoms with Gasteiger partial charge in [-0.05, 0) is 38.9 Å². The summed E-state index contributed by atoms with van der Waals surface area (Å²) in [7, 11) is 0. The molecule has 3 rings (SSSR count). The van der Waals surface area contributed by atoms with Gasteiger partial charge in [-0.3, -0.25) is 14.7 Å². The van der Waals surface area contributed by atoms with Gasteiger partial charge in [-0.1, -0.05) is 0 Å². The minimum absolute atomic E-state index is 0.0483. The van der Waals surface area contributed by atoms with Crippen molar-refractivity contribution < 1.29 is 14.3 Å². The van der Waals surface area contributed by atoms with Gasteiger partial charge >= 0.3 is 5.97 Å². The standard InChI is InChI=1S/C20H36N4O3S/c1-3-21-19(23-8-5-6-17(14-23)18(25)27-4-2)22-15-20(7-13-28-16-20)24-9-11-26-12-10-24/h17H,3-16H2,1-2H3,(H,21,22). The summed E-state index contributed by atoms with van der Waals surface area (Å²) in [4.78, 5) is 22.2. The second-order valence-electron chi connectivity index (χ2n) is 7.83. The molecule has 1 N–H and O–H groups in total. The molecule has 2 unspecified atom stereocenters. The lowest BCUT2D eigenvalue weighted by molar-refractivity contribution is -0.149. The maximum absolute atomic E-state index is 12.2. The lowest BCUT2D eigenvalue weighted by Crippen LogP contribution is -2.56. The number of hydrogen-bond acceptors (Lipinski definition) is 6. The summed E-state index contributed by atoms with van der Waals surface area (Å²) in [6, 6.07) is 0. The number of nitrogens with zero attached hydrogens (tertiary/aromatic N) is 3. The number of nitrogens with one attached hydrogen (secondary N) is 1. The Balaban J connectivity index is 1.69. The highest BCUT2D eigenvalue weighted by molar-refractivity contribution is 7.99. The molecule has 0 radical (unpaired) electrons. The van der Waals surface area contributed by atoms with Crippen molar-refractivity contribution in [2.24, 2.45) is 10.9 Å². The molecule has 28 heavy (non-hydrogen) atoms. The van der Waals surface area contributed by atoms with Crippen LogP contribution in [-0.2, 0) is 14.3 Å². The number of morpholine rings is 1. The summed E-state index contributed by atoms with van der Waals surface area (Å²) < 4.78 is 10.8. The van der Waals surface area contributed by atoms with Crippen LogP contribution in [0.15, 0.2) is 4.99 Å². The average molecular weight is 413 g/mol. The van der Waals surface area contributed by atoms with Crippen LogP contribution in [-0.4, -0.2) is 97.9 Å². The average Bonchev–Trinajstić information content (AvgIpc) is 3.22. The molecule has 0 aromatic rings. The number of likely N-dealkylation sites (tertiary alicyclic amines) is 1. The zero-order valence-electron chi connectivity index (χ0n) is 17.5. The number of esters is 1. The van der Waals surface area contributed by atoms with E-state index in [4.69, 9.17) is 14.5 Å². The van der Waals surface area contributed by atoms with Crippen molar-refractivity contribution in [3.05, 3.63) is 0 Å². The van der Waals surface area contributed by atoms with Gasteiger partial charge in [0, 0.05) is 38.5 Å². The molecule has 0 saturated carbocycles. The summed E-state index contributed by atoms with van der Waals surface area (Å²) in [6.45, 7) is 11.4. The van der Waals surface area contributed by atoms with Crippen molar-refractivity contribution in [2.75, 3.05) is 70.6 Å². The molecule has 3 saturated heterocycles. The predicted octanol–water partition coefficient (Wildman–Crippen LogP) is 1.43. The van der Waals surface area contributed by atoms with Gasteiger partial charge in [0.05, 0.1) is 37.8 Å². The van der Waals surface area contributed by atoms with Crippen LogP contribution in [0.25, 0.3) is 0 Å². The van der Waals surface area contributed by atoms with E-state index >= 15 is 0 Å². The first-order valence-corrected chi connectivity index (χ1v) is 11.9. The highest BCUT2D eigenvalue weighted by Crippen LogP contribution is 2.34. The molecule has 3 aliphatic heterocycles. The zero-order chi connectivity index (χ0) is 19.8. The molecule has 0 aromatic carbocycles. The third-order valence-corrected chi connectivity index (χ3v) is 7.20. The Bertz CT molecular complexity index is 534. The monoisotopic (exact) mass is 412 g/mol. The number of piperidine rings is 1. The van der Waals surface area contributed by atoms with Crippen molar-refractivity contribution in [3.63, 3.8) is 0 Å². The molecule has 7 nitrogen and oxygen atoms in total. The Labute approximate surface area is 173 Å². The Hall–Kier alpha value is -0.990. The van der Waals surface area contributed by atoms with Gasteiger partial charge in [-0.15, -0.1) is 0 Å². The lowest BCUT2D eigenvalue weighted by Gasteiger charge is -2.42. The largest absolute Gasteiger partial charge is 0.466 e. The molecule has 3 aliphatic rings. The predicted molar refractivity (Wildman–Crippen MR) is 114 cm³/mol. The highest BCUT2D eigenvalue weighted by atomic mass is 32.2. The maximum atomic E-state index is 12.2. The molecule has 0 amide bonds. The van der Waals surface area contributed by atoms with E-state index in [1.165, 1.54) is 12.2 Å². The number of ether oxygens (including phenoxy) is 2. The van der Waals surface area contributed by atoms with Crippen LogP contribution in [0.5, 0.6) is 0 Å². The topological polar surface area (TPSA) is 66.4 Å². The number of carbonyl (C=O) groups is 1. The van der Waals surface area contributed by atoms with Crippen LogP contribution in [0.1, 0.15) is 33.1 Å². The highest BCUT2D eigenvalue weighted by Gasteiger charge is 2.41. The molecular formula is C20H36N4O3S. The molecular weight excluding hydrogens is 376 g/mol. The van der Waals surface area contributed by atoms with Crippen LogP contribution < -0.4 is 5.32 Å². The summed E-state index contributed by atoms with van der Waals surface area (Å²) in [6.07, 6.45) is 3.09. The van der Waals surface area contributed by atoms with E-state index in [9.17, 15) is 4.79 Å². The number of guanidine groups is 1. The van der Waals surface area contributed by atoms with Crippen LogP contribution in [0.2, 0.25) is 0 Å². The second kappa shape index (κ2) is 10.7. The first-order chi connectivity index (χ1) is 13.7. The number of aliphatic imine (C=N–C) groups is 1. The number of rotatable bonds is 6. The number of thioether (sulfide) groups is 1. The van der Waals surface area contributed by atoms with Gasteiger partial charge in [-0.25, -0.2) is 0 Å². The van der Waals surface area contributed by atoms with E-state index < -0.39 is 0 Å². The fourth-order valence-electron chi connectivity index (χ4n) is 4.38. The first kappa shape index (κ1) is 21.7. The minimum atomic E-state index is -0.0694. The van der Waals surface area contributed by atoms with Crippen LogP contribution in [0, 0.1) is 5.92 Å². The SMILES string of the molecule is CCNC(=NCC1(N2CCOCC2)CCSC1)N1CCCC(C(=O)OCC)C1. The van der Waals surface area contributed by atoms with E-state index in [-0.39, 0.29) is 17.4 Å². The summed E-state index contributed by atoms with van der Waals surface area (Å²) >= 11 is 2.04. The third-order valence-electron chi connectivity index (χ3n) is 5.96. The Morgan fingerprint density at radius 2 is 2.14 bits per heavy atom. The van der Waals surface area contributed by atoms with Crippen LogP contribution in [0.4, 0.5) is 0 Å². The Kier molecular flexibility index (Phi) is 8.29. The zero-order valence-corrected chi connectivity index (χ0v) is 18.3. The minimum Gasteiger partial charge on any atom is -0.466 e. The molecule has 0 aliphatic carbocycles. The van der Waals surface area contributed by atoms with Gasteiger partial charge in [0.15, 0.2) is 5.96 Å². The molecule has 2 atom stereocenters. The molecule has 160 valence electrons. The van der Waals surface area contributed by atoms with Crippen molar-refractivity contribution >= 4 is 23.7 Å². The summed E-state index contributed by atoms with van der Waals surface area (Å²) in [5.41, 5.74) is 0.144. The maximum Gasteiger partial charge on any atom is 0.310 e. The Morgan fingerprint density at radius 1 is 1.32 bits per heavy atom. The van der Waals surface area contributed by atoms with Crippen molar-refractivity contribution in [1.29, 1.82) is 0 Å². The smallest absolute Gasteiger partial charge is 0.310 e. The fourth-order valence-corrected chi connectivity index (χ4v) is 5.84. The van der Waals surface area contributed by atoms with E-state index in [1.54, 1.807) is 0 Å². The quantitative estimate of drug-likeness (QED) is 0.402. The van der Waals surface area contributed by atoms with E-state index in [1.807, 2.05) is 18.7 Å². The molecule has 3 heterocycles. The lowest BCUT2D eigenvalue weighted by atomic mass is 9.95. The summed E-state index contributed by atoms with van der Waals surface area (Å²) in [5, 5.41) is 3.46. The third kappa shape index (κ3) is 5.33. The van der Waals surface area contributed by atoms with Gasteiger partial charge < -0.3 is 19.7 Å². The normalized spacial score (nSPS) is 29.7. The van der Waals surface area contributed by atoms with Crippen LogP contribution in [0.3, 0.4) is 0 Å².